The van der Waals surface area contributed by atoms with Crippen molar-refractivity contribution in [2.24, 2.45) is 0 Å². The maximum atomic E-state index is 12.1. The van der Waals surface area contributed by atoms with Crippen LogP contribution in [0.1, 0.15) is 39.0 Å². The number of H-pyrrole nitrogens is 1. The Kier molecular flexibility index (Phi) is 5.96. The molecule has 1 aromatic carbocycles. The summed E-state index contributed by atoms with van der Waals surface area (Å²) in [4.78, 5) is 48.6. The molecular weight excluding hydrogens is 378 g/mol. The molecule has 0 radical (unpaired) electrons. The van der Waals surface area contributed by atoms with Crippen molar-refractivity contribution in [2.45, 2.75) is 20.8 Å². The number of halogens is 1. The van der Waals surface area contributed by atoms with E-state index in [9.17, 15) is 24.5 Å². The van der Waals surface area contributed by atoms with Crippen molar-refractivity contribution in [3.8, 4) is 0 Å². The highest BCUT2D eigenvalue weighted by Gasteiger charge is 2.21. The molecule has 0 atom stereocenters. The third-order valence-corrected chi connectivity index (χ3v) is 4.07. The van der Waals surface area contributed by atoms with Gasteiger partial charge in [-0.3, -0.25) is 19.7 Å². The minimum atomic E-state index is -0.791. The lowest BCUT2D eigenvalue weighted by Gasteiger charge is -2.07. The summed E-state index contributed by atoms with van der Waals surface area (Å²) in [5, 5.41) is 13.2. The molecule has 0 saturated carbocycles. The zero-order valence-electron chi connectivity index (χ0n) is 14.7. The van der Waals surface area contributed by atoms with Crippen LogP contribution in [0.3, 0.4) is 0 Å². The van der Waals surface area contributed by atoms with Crippen LogP contribution in [0.25, 0.3) is 0 Å². The highest BCUT2D eigenvalue weighted by atomic mass is 35.5. The number of nitrogens with zero attached hydrogens (tertiary/aromatic N) is 1. The molecule has 0 unspecified atom stereocenters. The van der Waals surface area contributed by atoms with Crippen molar-refractivity contribution in [2.75, 3.05) is 11.9 Å². The second-order valence-corrected chi connectivity index (χ2v) is 6.14. The van der Waals surface area contributed by atoms with E-state index in [1.807, 2.05) is 0 Å². The van der Waals surface area contributed by atoms with Crippen LogP contribution in [-0.4, -0.2) is 34.2 Å². The van der Waals surface area contributed by atoms with Gasteiger partial charge in [-0.05, 0) is 38.5 Å². The fraction of sp³-hybridized carbons (Fsp3) is 0.235. The summed E-state index contributed by atoms with van der Waals surface area (Å²) in [5.41, 5.74) is 1.25. The minimum absolute atomic E-state index is 0.0664. The number of nitro groups is 1. The lowest BCUT2D eigenvalue weighted by Crippen LogP contribution is -2.21. The number of rotatable bonds is 6. The Balaban J connectivity index is 2.03. The number of hydrogen-bond acceptors (Lipinski definition) is 6. The first-order valence-electron chi connectivity index (χ1n) is 7.72. The molecule has 1 heterocycles. The van der Waals surface area contributed by atoms with Gasteiger partial charge >= 0.3 is 5.97 Å². The molecule has 9 nitrogen and oxygen atoms in total. The van der Waals surface area contributed by atoms with Gasteiger partial charge in [0.2, 0.25) is 0 Å². The van der Waals surface area contributed by atoms with Crippen molar-refractivity contribution in [1.82, 2.24) is 4.98 Å². The molecule has 0 fully saturated rings. The number of ether oxygens (including phenoxy) is 1. The number of benzene rings is 1. The first-order chi connectivity index (χ1) is 12.6. The van der Waals surface area contributed by atoms with Crippen LogP contribution in [0.4, 0.5) is 11.4 Å². The molecule has 2 aromatic rings. The Bertz CT molecular complexity index is 950. The van der Waals surface area contributed by atoms with Crippen LogP contribution in [0.2, 0.25) is 5.02 Å². The number of hydrogen-bond donors (Lipinski definition) is 2. The molecule has 0 spiro atoms. The van der Waals surface area contributed by atoms with Gasteiger partial charge in [-0.15, -0.1) is 0 Å². The van der Waals surface area contributed by atoms with Crippen LogP contribution >= 0.6 is 11.6 Å². The maximum Gasteiger partial charge on any atom is 0.355 e. The lowest BCUT2D eigenvalue weighted by atomic mass is 10.1. The first kappa shape index (κ1) is 20.1. The average Bonchev–Trinajstić information content (AvgIpc) is 2.88. The van der Waals surface area contributed by atoms with E-state index in [-0.39, 0.29) is 27.9 Å². The smallest absolute Gasteiger partial charge is 0.355 e. The van der Waals surface area contributed by atoms with Crippen LogP contribution in [0.5, 0.6) is 0 Å². The summed E-state index contributed by atoms with van der Waals surface area (Å²) in [5.74, 6) is -1.67. The quantitative estimate of drug-likeness (QED) is 0.335. The van der Waals surface area contributed by atoms with E-state index in [4.69, 9.17) is 16.3 Å². The zero-order chi connectivity index (χ0) is 20.3. The number of esters is 1. The van der Waals surface area contributed by atoms with Crippen LogP contribution in [-0.2, 0) is 9.53 Å². The summed E-state index contributed by atoms with van der Waals surface area (Å²) in [6.07, 6.45) is 0. The third-order valence-electron chi connectivity index (χ3n) is 3.75. The number of carbonyl (C=O) groups is 3. The van der Waals surface area contributed by atoms with Gasteiger partial charge in [-0.2, -0.15) is 0 Å². The van der Waals surface area contributed by atoms with E-state index in [2.05, 4.69) is 10.3 Å². The van der Waals surface area contributed by atoms with Crippen molar-refractivity contribution >= 4 is 40.6 Å². The molecule has 0 aliphatic rings. The van der Waals surface area contributed by atoms with Gasteiger partial charge in [0.15, 0.2) is 12.4 Å². The molecule has 27 heavy (non-hydrogen) atoms. The number of aromatic amines is 1. The molecule has 0 bridgehead atoms. The van der Waals surface area contributed by atoms with Gasteiger partial charge in [0.05, 0.1) is 4.92 Å². The van der Waals surface area contributed by atoms with Gasteiger partial charge in [0.25, 0.3) is 11.6 Å². The van der Waals surface area contributed by atoms with E-state index < -0.39 is 23.4 Å². The van der Waals surface area contributed by atoms with Crippen LogP contribution in [0, 0.1) is 24.0 Å². The summed E-state index contributed by atoms with van der Waals surface area (Å²) >= 11 is 5.70. The molecule has 1 aromatic heterocycles. The van der Waals surface area contributed by atoms with Crippen molar-refractivity contribution in [3.05, 3.63) is 55.9 Å². The summed E-state index contributed by atoms with van der Waals surface area (Å²) in [7, 11) is 0. The number of carbonyl (C=O) groups excluding carboxylic acids is 3. The Morgan fingerprint density at radius 3 is 2.52 bits per heavy atom. The summed E-state index contributed by atoms with van der Waals surface area (Å²) < 4.78 is 4.94. The molecule has 0 aliphatic carbocycles. The van der Waals surface area contributed by atoms with Gasteiger partial charge < -0.3 is 15.0 Å². The fourth-order valence-corrected chi connectivity index (χ4v) is 2.80. The summed E-state index contributed by atoms with van der Waals surface area (Å²) in [6.45, 7) is 4.03. The first-order valence-corrected chi connectivity index (χ1v) is 8.10. The van der Waals surface area contributed by atoms with Gasteiger partial charge in [-0.25, -0.2) is 4.79 Å². The summed E-state index contributed by atoms with van der Waals surface area (Å²) in [6, 6.07) is 3.75. The molecule has 1 amide bonds. The Morgan fingerprint density at radius 2 is 1.96 bits per heavy atom. The van der Waals surface area contributed by atoms with Crippen molar-refractivity contribution in [1.29, 1.82) is 0 Å². The van der Waals surface area contributed by atoms with E-state index in [0.717, 1.165) is 6.07 Å². The highest BCUT2D eigenvalue weighted by Crippen LogP contribution is 2.27. The van der Waals surface area contributed by atoms with E-state index in [1.54, 1.807) is 13.8 Å². The van der Waals surface area contributed by atoms with Gasteiger partial charge in [0, 0.05) is 23.0 Å². The predicted molar refractivity (Wildman–Crippen MR) is 97.3 cm³/mol. The number of aryl methyl sites for hydroxylation is 1. The number of aromatic nitrogens is 1. The van der Waals surface area contributed by atoms with Crippen LogP contribution in [0.15, 0.2) is 18.2 Å². The molecule has 0 saturated heterocycles. The third kappa shape index (κ3) is 4.50. The molecule has 2 N–H and O–H groups in total. The Morgan fingerprint density at radius 1 is 1.30 bits per heavy atom. The number of nitrogens with one attached hydrogen (secondary N) is 2. The van der Waals surface area contributed by atoms with Crippen molar-refractivity contribution in [3.63, 3.8) is 0 Å². The molecule has 142 valence electrons. The average molecular weight is 394 g/mol. The topological polar surface area (TPSA) is 131 Å². The lowest BCUT2D eigenvalue weighted by molar-refractivity contribution is -0.384. The fourth-order valence-electron chi connectivity index (χ4n) is 2.61. The highest BCUT2D eigenvalue weighted by molar-refractivity contribution is 6.32. The number of amides is 1. The number of ketones is 1. The second-order valence-electron chi connectivity index (χ2n) is 5.73. The minimum Gasteiger partial charge on any atom is -0.451 e. The predicted octanol–water partition coefficient (Wildman–Crippen LogP) is 3.19. The van der Waals surface area contributed by atoms with E-state index in [1.165, 1.54) is 19.1 Å². The zero-order valence-corrected chi connectivity index (χ0v) is 15.5. The van der Waals surface area contributed by atoms with Crippen LogP contribution < -0.4 is 5.32 Å². The number of anilines is 1. The monoisotopic (exact) mass is 393 g/mol. The van der Waals surface area contributed by atoms with Crippen molar-refractivity contribution < 1.29 is 24.0 Å². The van der Waals surface area contributed by atoms with Gasteiger partial charge in [0.1, 0.15) is 10.7 Å². The Labute approximate surface area is 158 Å². The maximum absolute atomic E-state index is 12.1. The molecular formula is C17H16ClN3O6. The largest absolute Gasteiger partial charge is 0.451 e. The molecule has 2 rings (SSSR count). The standard InChI is InChI=1S/C17H16ClN3O6/c1-8-15(10(3)22)9(2)19-16(8)17(24)27-7-14(23)20-11-4-5-12(18)13(6-11)21(25)26/h4-6,19H,7H2,1-3H3,(H,20,23). The number of Topliss-reactive ketones (excluding diaryl/α,β-unsaturated/α-hetero) is 1. The van der Waals surface area contributed by atoms with Gasteiger partial charge in [-0.1, -0.05) is 11.6 Å². The SMILES string of the molecule is CC(=O)c1c(C)[nH]c(C(=O)OCC(=O)Nc2ccc(Cl)c([N+](=O)[O-])c2)c1C. The normalized spacial score (nSPS) is 10.4. The Hall–Kier alpha value is -3.20. The second kappa shape index (κ2) is 8.00. The number of nitro benzene ring substituents is 1. The van der Waals surface area contributed by atoms with E-state index in [0.29, 0.717) is 16.8 Å². The van der Waals surface area contributed by atoms with E-state index >= 15 is 0 Å². The molecule has 10 heteroatoms. The molecule has 0 aliphatic heterocycles.